The van der Waals surface area contributed by atoms with Gasteiger partial charge in [0.25, 0.3) is 0 Å². The van der Waals surface area contributed by atoms with Crippen LogP contribution in [0.25, 0.3) is 0 Å². The monoisotopic (exact) mass is 299 g/mol. The minimum atomic E-state index is -0.513. The Morgan fingerprint density at radius 1 is 1.14 bits per heavy atom. The quantitative estimate of drug-likeness (QED) is 0.797. The van der Waals surface area contributed by atoms with Gasteiger partial charge in [0.1, 0.15) is 0 Å². The van der Waals surface area contributed by atoms with Crippen molar-refractivity contribution >= 4 is 12.0 Å². The number of ether oxygens (including phenoxy) is 1. The van der Waals surface area contributed by atoms with E-state index in [1.54, 1.807) is 9.80 Å². The number of hydrogen-bond acceptors (Lipinski definition) is 4. The Kier molecular flexibility index (Phi) is 6.45. The first-order chi connectivity index (χ1) is 9.77. The molecule has 1 aliphatic heterocycles. The molecule has 0 aromatic carbocycles. The van der Waals surface area contributed by atoms with Gasteiger partial charge in [-0.3, -0.25) is 4.79 Å². The number of nitrogens with two attached hydrogens (primary N) is 1. The zero-order valence-corrected chi connectivity index (χ0v) is 13.7. The second kappa shape index (κ2) is 7.64. The third-order valence-corrected chi connectivity index (χ3v) is 3.77. The zero-order chi connectivity index (χ0) is 16.0. The molecule has 2 N–H and O–H groups in total. The Morgan fingerprint density at radius 3 is 2.14 bits per heavy atom. The molecule has 0 bridgehead atoms. The van der Waals surface area contributed by atoms with Crippen LogP contribution >= 0.6 is 0 Å². The maximum atomic E-state index is 12.3. The van der Waals surface area contributed by atoms with Crippen molar-refractivity contribution in [1.82, 2.24) is 9.80 Å². The highest BCUT2D eigenvalue weighted by atomic mass is 16.6. The summed E-state index contributed by atoms with van der Waals surface area (Å²) < 4.78 is 5.18. The minimum absolute atomic E-state index is 0.0403. The molecule has 1 fully saturated rings. The lowest BCUT2D eigenvalue weighted by molar-refractivity contribution is -0.136. The van der Waals surface area contributed by atoms with Crippen LogP contribution in [0, 0.1) is 5.41 Å². The van der Waals surface area contributed by atoms with E-state index in [0.29, 0.717) is 32.8 Å². The third-order valence-electron chi connectivity index (χ3n) is 3.77. The Morgan fingerprint density at radius 2 is 1.67 bits per heavy atom. The van der Waals surface area contributed by atoms with Crippen LogP contribution in [0.2, 0.25) is 0 Å². The summed E-state index contributed by atoms with van der Waals surface area (Å²) in [4.78, 5) is 27.5. The number of carbonyl (C=O) groups excluding carboxylic acids is 2. The first kappa shape index (κ1) is 17.8. The molecule has 2 amide bonds. The van der Waals surface area contributed by atoms with Crippen LogP contribution in [0.4, 0.5) is 4.79 Å². The highest BCUT2D eigenvalue weighted by Gasteiger charge is 2.33. The summed E-state index contributed by atoms with van der Waals surface area (Å²) in [5.41, 5.74) is 5.75. The summed E-state index contributed by atoms with van der Waals surface area (Å²) in [6.07, 6.45) is 1.60. The molecule has 0 aromatic heterocycles. The van der Waals surface area contributed by atoms with Gasteiger partial charge >= 0.3 is 6.09 Å². The van der Waals surface area contributed by atoms with Crippen LogP contribution in [0.15, 0.2) is 0 Å². The Hall–Kier alpha value is -1.30. The van der Waals surface area contributed by atoms with Crippen LogP contribution in [-0.2, 0) is 9.53 Å². The summed E-state index contributed by atoms with van der Waals surface area (Å²) in [6, 6.07) is -0.513. The molecule has 6 nitrogen and oxygen atoms in total. The molecule has 0 radical (unpaired) electrons. The van der Waals surface area contributed by atoms with Crippen LogP contribution in [-0.4, -0.2) is 60.6 Å². The number of hydrogen-bond donors (Lipinski definition) is 1. The largest absolute Gasteiger partial charge is 0.449 e. The van der Waals surface area contributed by atoms with E-state index < -0.39 is 6.04 Å². The van der Waals surface area contributed by atoms with Crippen molar-refractivity contribution in [3.05, 3.63) is 0 Å². The zero-order valence-electron chi connectivity index (χ0n) is 13.7. The summed E-state index contributed by atoms with van der Waals surface area (Å²) >= 11 is 0. The van der Waals surface area contributed by atoms with Crippen LogP contribution in [0.5, 0.6) is 0 Å². The van der Waals surface area contributed by atoms with Gasteiger partial charge in [-0.05, 0) is 11.8 Å². The number of unbranched alkanes of at least 4 members (excludes halogenated alkanes) is 1. The minimum Gasteiger partial charge on any atom is -0.449 e. The van der Waals surface area contributed by atoms with Gasteiger partial charge in [0.05, 0.1) is 12.6 Å². The molecule has 1 heterocycles. The lowest BCUT2D eigenvalue weighted by atomic mass is 9.86. The second-order valence-electron chi connectivity index (χ2n) is 6.62. The SMILES string of the molecule is CCCCOC(=O)N1CCN(C(=O)C(N)C(C)(C)C)CC1. The molecule has 0 spiro atoms. The topological polar surface area (TPSA) is 75.9 Å². The van der Waals surface area contributed by atoms with Crippen molar-refractivity contribution in [1.29, 1.82) is 0 Å². The number of carbonyl (C=O) groups is 2. The maximum absolute atomic E-state index is 12.3. The van der Waals surface area contributed by atoms with Gasteiger partial charge in [0, 0.05) is 26.2 Å². The standard InChI is InChI=1S/C15H29N3O3/c1-5-6-11-21-14(20)18-9-7-17(8-10-18)13(19)12(16)15(2,3)4/h12H,5-11,16H2,1-4H3. The van der Waals surface area contributed by atoms with Gasteiger partial charge in [-0.25, -0.2) is 4.79 Å². The van der Waals surface area contributed by atoms with Crippen molar-refractivity contribution in [2.75, 3.05) is 32.8 Å². The van der Waals surface area contributed by atoms with E-state index in [2.05, 4.69) is 6.92 Å². The van der Waals surface area contributed by atoms with E-state index in [9.17, 15) is 9.59 Å². The predicted octanol–water partition coefficient (Wildman–Crippen LogP) is 1.44. The molecular weight excluding hydrogens is 270 g/mol. The lowest BCUT2D eigenvalue weighted by Crippen LogP contribution is -2.57. The average Bonchev–Trinajstić information content (AvgIpc) is 2.45. The third kappa shape index (κ3) is 5.19. The van der Waals surface area contributed by atoms with E-state index in [1.165, 1.54) is 0 Å². The summed E-state index contributed by atoms with van der Waals surface area (Å²) in [5.74, 6) is -0.0403. The van der Waals surface area contributed by atoms with Gasteiger partial charge in [-0.15, -0.1) is 0 Å². The van der Waals surface area contributed by atoms with Crippen molar-refractivity contribution in [2.24, 2.45) is 11.1 Å². The fourth-order valence-corrected chi connectivity index (χ4v) is 2.07. The second-order valence-corrected chi connectivity index (χ2v) is 6.62. The summed E-state index contributed by atoms with van der Waals surface area (Å²) in [7, 11) is 0. The molecule has 0 aliphatic carbocycles. The Balaban J connectivity index is 2.41. The normalized spacial score (nSPS) is 17.6. The molecule has 1 unspecified atom stereocenters. The molecule has 6 heteroatoms. The highest BCUT2D eigenvalue weighted by molar-refractivity contribution is 5.82. The number of nitrogens with zero attached hydrogens (tertiary/aromatic N) is 2. The van der Waals surface area contributed by atoms with Crippen molar-refractivity contribution in [2.45, 2.75) is 46.6 Å². The molecule has 1 rings (SSSR count). The Labute approximate surface area is 127 Å². The Bertz CT molecular complexity index is 358. The van der Waals surface area contributed by atoms with Gasteiger partial charge in [-0.1, -0.05) is 34.1 Å². The molecular formula is C15H29N3O3. The van der Waals surface area contributed by atoms with Crippen LogP contribution in [0.3, 0.4) is 0 Å². The highest BCUT2D eigenvalue weighted by Crippen LogP contribution is 2.19. The van der Waals surface area contributed by atoms with Crippen molar-refractivity contribution in [3.63, 3.8) is 0 Å². The van der Waals surface area contributed by atoms with Crippen LogP contribution in [0.1, 0.15) is 40.5 Å². The van der Waals surface area contributed by atoms with Crippen LogP contribution < -0.4 is 5.73 Å². The van der Waals surface area contributed by atoms with Crippen molar-refractivity contribution < 1.29 is 14.3 Å². The molecule has 0 saturated carbocycles. The average molecular weight is 299 g/mol. The van der Waals surface area contributed by atoms with Gasteiger partial charge in [0.15, 0.2) is 0 Å². The molecule has 1 saturated heterocycles. The van der Waals surface area contributed by atoms with E-state index in [0.717, 1.165) is 12.8 Å². The van der Waals surface area contributed by atoms with Gasteiger partial charge in [0.2, 0.25) is 5.91 Å². The first-order valence-corrected chi connectivity index (χ1v) is 7.73. The molecule has 0 aromatic rings. The molecule has 21 heavy (non-hydrogen) atoms. The number of rotatable bonds is 4. The van der Waals surface area contributed by atoms with E-state index >= 15 is 0 Å². The molecule has 1 atom stereocenters. The van der Waals surface area contributed by atoms with Gasteiger partial charge in [-0.2, -0.15) is 0 Å². The maximum Gasteiger partial charge on any atom is 0.409 e. The van der Waals surface area contributed by atoms with E-state index in [4.69, 9.17) is 10.5 Å². The van der Waals surface area contributed by atoms with Gasteiger partial charge < -0.3 is 20.3 Å². The fraction of sp³-hybridized carbons (Fsp3) is 0.867. The summed E-state index contributed by atoms with van der Waals surface area (Å²) in [5, 5.41) is 0. The van der Waals surface area contributed by atoms with E-state index in [1.807, 2.05) is 20.8 Å². The molecule has 1 aliphatic rings. The number of amides is 2. The lowest BCUT2D eigenvalue weighted by Gasteiger charge is -2.37. The fourth-order valence-electron chi connectivity index (χ4n) is 2.07. The van der Waals surface area contributed by atoms with E-state index in [-0.39, 0.29) is 17.4 Å². The predicted molar refractivity (Wildman–Crippen MR) is 81.8 cm³/mol. The molecule has 122 valence electrons. The first-order valence-electron chi connectivity index (χ1n) is 7.73. The van der Waals surface area contributed by atoms with Crippen molar-refractivity contribution in [3.8, 4) is 0 Å². The summed E-state index contributed by atoms with van der Waals surface area (Å²) in [6.45, 7) is 10.4. The smallest absolute Gasteiger partial charge is 0.409 e. The number of piperazine rings is 1.